The van der Waals surface area contributed by atoms with Crippen LogP contribution in [0.15, 0.2) is 24.3 Å². The van der Waals surface area contributed by atoms with Gasteiger partial charge in [0.25, 0.3) is 0 Å². The third-order valence-corrected chi connectivity index (χ3v) is 5.01. The molecule has 1 fully saturated rings. The molecule has 0 aliphatic carbocycles. The average Bonchev–Trinajstić information content (AvgIpc) is 2.53. The fourth-order valence-corrected chi connectivity index (χ4v) is 3.46. The summed E-state index contributed by atoms with van der Waals surface area (Å²) in [5.41, 5.74) is 7.54. The second-order valence-corrected chi connectivity index (χ2v) is 6.42. The maximum absolute atomic E-state index is 13.2. The van der Waals surface area contributed by atoms with Gasteiger partial charge in [0.15, 0.2) is 0 Å². The highest BCUT2D eigenvalue weighted by molar-refractivity contribution is 5.27. The number of likely N-dealkylation sites (tertiary alicyclic amines) is 1. The van der Waals surface area contributed by atoms with Gasteiger partial charge in [-0.25, -0.2) is 4.39 Å². The lowest BCUT2D eigenvalue weighted by atomic mass is 9.79. The highest BCUT2D eigenvalue weighted by atomic mass is 19.1. The summed E-state index contributed by atoms with van der Waals surface area (Å²) in [5, 5.41) is 0. The minimum Gasteiger partial charge on any atom is -0.320 e. The fraction of sp³-hybridized carbons (Fsp3) is 0.667. The van der Waals surface area contributed by atoms with Crippen molar-refractivity contribution >= 4 is 0 Å². The average molecular weight is 292 g/mol. The van der Waals surface area contributed by atoms with E-state index in [2.05, 4.69) is 18.7 Å². The molecule has 1 saturated heterocycles. The Hall–Kier alpha value is -0.930. The van der Waals surface area contributed by atoms with Gasteiger partial charge in [0.2, 0.25) is 0 Å². The topological polar surface area (TPSA) is 29.3 Å². The van der Waals surface area contributed by atoms with Crippen molar-refractivity contribution in [3.05, 3.63) is 35.6 Å². The molecule has 0 amide bonds. The van der Waals surface area contributed by atoms with Crippen molar-refractivity contribution in [3.63, 3.8) is 0 Å². The molecule has 0 bridgehead atoms. The van der Waals surface area contributed by atoms with Crippen molar-refractivity contribution in [2.24, 2.45) is 5.73 Å². The van der Waals surface area contributed by atoms with Gasteiger partial charge in [-0.3, -0.25) is 4.90 Å². The van der Waals surface area contributed by atoms with Crippen molar-refractivity contribution in [3.8, 4) is 0 Å². The molecule has 0 radical (unpaired) electrons. The van der Waals surface area contributed by atoms with E-state index in [-0.39, 0.29) is 17.4 Å². The minimum atomic E-state index is -0.388. The zero-order valence-corrected chi connectivity index (χ0v) is 13.4. The summed E-state index contributed by atoms with van der Waals surface area (Å²) in [4.78, 5) is 2.52. The Morgan fingerprint density at radius 1 is 1.19 bits per heavy atom. The predicted molar refractivity (Wildman–Crippen MR) is 86.7 cm³/mol. The molecule has 2 unspecified atom stereocenters. The number of rotatable bonds is 6. The van der Waals surface area contributed by atoms with E-state index < -0.39 is 0 Å². The summed E-state index contributed by atoms with van der Waals surface area (Å²) < 4.78 is 13.2. The molecule has 1 aliphatic heterocycles. The van der Waals surface area contributed by atoms with E-state index in [9.17, 15) is 4.39 Å². The Morgan fingerprint density at radius 3 is 2.38 bits per heavy atom. The van der Waals surface area contributed by atoms with Crippen LogP contribution in [-0.4, -0.2) is 24.0 Å². The van der Waals surface area contributed by atoms with Crippen LogP contribution in [0.4, 0.5) is 4.39 Å². The van der Waals surface area contributed by atoms with E-state index in [0.29, 0.717) is 0 Å². The van der Waals surface area contributed by atoms with Gasteiger partial charge in [-0.1, -0.05) is 38.3 Å². The number of unbranched alkanes of at least 4 members (excludes halogenated alkanes) is 1. The van der Waals surface area contributed by atoms with Crippen LogP contribution in [-0.2, 0) is 5.54 Å². The molecule has 3 heteroatoms. The summed E-state index contributed by atoms with van der Waals surface area (Å²) in [6.07, 6.45) is 7.03. The van der Waals surface area contributed by atoms with Crippen LogP contribution in [0.3, 0.4) is 0 Å². The zero-order chi connectivity index (χ0) is 15.3. The van der Waals surface area contributed by atoms with Crippen molar-refractivity contribution in [1.29, 1.82) is 0 Å². The van der Waals surface area contributed by atoms with E-state index in [4.69, 9.17) is 5.73 Å². The van der Waals surface area contributed by atoms with Crippen molar-refractivity contribution < 1.29 is 4.39 Å². The second kappa shape index (κ2) is 7.37. The molecular formula is C18H29FN2. The number of hydrogen-bond acceptors (Lipinski definition) is 2. The lowest BCUT2D eigenvalue weighted by Gasteiger charge is -2.44. The zero-order valence-electron chi connectivity index (χ0n) is 13.4. The third-order valence-electron chi connectivity index (χ3n) is 5.01. The molecular weight excluding hydrogens is 263 g/mol. The molecule has 21 heavy (non-hydrogen) atoms. The number of hydrogen-bond donors (Lipinski definition) is 1. The van der Waals surface area contributed by atoms with Gasteiger partial charge >= 0.3 is 0 Å². The summed E-state index contributed by atoms with van der Waals surface area (Å²) in [7, 11) is 0. The van der Waals surface area contributed by atoms with E-state index in [0.717, 1.165) is 37.9 Å². The lowest BCUT2D eigenvalue weighted by molar-refractivity contribution is 0.102. The highest BCUT2D eigenvalue weighted by Gasteiger charge is 2.37. The maximum Gasteiger partial charge on any atom is 0.123 e. The molecule has 2 rings (SSSR count). The predicted octanol–water partition coefficient (Wildman–Crippen LogP) is 4.04. The van der Waals surface area contributed by atoms with Crippen LogP contribution in [0.1, 0.15) is 57.9 Å². The molecule has 118 valence electrons. The van der Waals surface area contributed by atoms with Gasteiger partial charge in [-0.15, -0.1) is 0 Å². The Labute approximate surface area is 128 Å². The molecule has 1 aromatic carbocycles. The van der Waals surface area contributed by atoms with Gasteiger partial charge in [0, 0.05) is 6.04 Å². The van der Waals surface area contributed by atoms with Crippen LogP contribution in [0.2, 0.25) is 0 Å². The van der Waals surface area contributed by atoms with Crippen LogP contribution < -0.4 is 5.73 Å². The first-order chi connectivity index (χ1) is 10.1. The number of nitrogens with zero attached hydrogens (tertiary/aromatic N) is 1. The first-order valence-electron chi connectivity index (χ1n) is 8.37. The summed E-state index contributed by atoms with van der Waals surface area (Å²) in [6.45, 7) is 6.70. The Bertz CT molecular complexity index is 425. The monoisotopic (exact) mass is 292 g/mol. The molecule has 1 aliphatic rings. The Morgan fingerprint density at radius 2 is 1.81 bits per heavy atom. The number of halogens is 1. The first-order valence-corrected chi connectivity index (χ1v) is 8.37. The smallest absolute Gasteiger partial charge is 0.123 e. The molecule has 0 spiro atoms. The summed E-state index contributed by atoms with van der Waals surface area (Å²) in [5.74, 6) is -0.192. The van der Waals surface area contributed by atoms with Gasteiger partial charge in [-0.05, 0) is 57.0 Å². The van der Waals surface area contributed by atoms with Crippen LogP contribution in [0.25, 0.3) is 0 Å². The SMILES string of the molecule is CCCCC(N)(c1ccc(F)cc1)C(C)N1CCCCC1. The van der Waals surface area contributed by atoms with Gasteiger partial charge in [0.1, 0.15) is 5.82 Å². The Kier molecular flexibility index (Phi) is 5.77. The Balaban J connectivity index is 2.24. The molecule has 2 nitrogen and oxygen atoms in total. The van der Waals surface area contributed by atoms with E-state index >= 15 is 0 Å². The van der Waals surface area contributed by atoms with Crippen LogP contribution in [0, 0.1) is 5.82 Å². The van der Waals surface area contributed by atoms with Gasteiger partial charge < -0.3 is 5.73 Å². The van der Waals surface area contributed by atoms with Gasteiger partial charge in [0.05, 0.1) is 5.54 Å². The normalized spacial score (nSPS) is 21.0. The maximum atomic E-state index is 13.2. The quantitative estimate of drug-likeness (QED) is 0.857. The van der Waals surface area contributed by atoms with Crippen molar-refractivity contribution in [2.45, 2.75) is 64.0 Å². The summed E-state index contributed by atoms with van der Waals surface area (Å²) >= 11 is 0. The van der Waals surface area contributed by atoms with Gasteiger partial charge in [-0.2, -0.15) is 0 Å². The summed E-state index contributed by atoms with van der Waals surface area (Å²) in [6, 6.07) is 7.09. The van der Waals surface area contributed by atoms with E-state index in [1.807, 2.05) is 12.1 Å². The molecule has 1 heterocycles. The fourth-order valence-electron chi connectivity index (χ4n) is 3.46. The molecule has 0 aromatic heterocycles. The van der Waals surface area contributed by atoms with Crippen LogP contribution >= 0.6 is 0 Å². The number of benzene rings is 1. The van der Waals surface area contributed by atoms with E-state index in [1.54, 1.807) is 0 Å². The van der Waals surface area contributed by atoms with E-state index in [1.165, 1.54) is 31.4 Å². The lowest BCUT2D eigenvalue weighted by Crippen LogP contribution is -2.55. The molecule has 0 saturated carbocycles. The largest absolute Gasteiger partial charge is 0.320 e. The first kappa shape index (κ1) is 16.4. The molecule has 2 N–H and O–H groups in total. The standard InChI is InChI=1S/C18H29FN2/c1-3-4-12-18(20,16-8-10-17(19)11-9-16)15(2)21-13-6-5-7-14-21/h8-11,15H,3-7,12-14,20H2,1-2H3. The number of nitrogens with two attached hydrogens (primary N) is 1. The van der Waals surface area contributed by atoms with Crippen molar-refractivity contribution in [2.75, 3.05) is 13.1 Å². The number of piperidine rings is 1. The van der Waals surface area contributed by atoms with Crippen LogP contribution in [0.5, 0.6) is 0 Å². The third kappa shape index (κ3) is 3.83. The second-order valence-electron chi connectivity index (χ2n) is 6.42. The molecule has 1 aromatic rings. The van der Waals surface area contributed by atoms with Crippen molar-refractivity contribution in [1.82, 2.24) is 4.90 Å². The highest BCUT2D eigenvalue weighted by Crippen LogP contribution is 2.32. The minimum absolute atomic E-state index is 0.192. The molecule has 2 atom stereocenters.